The molecule has 0 aliphatic carbocycles. The largest absolute Gasteiger partial charge is 0.494 e. The highest BCUT2D eigenvalue weighted by Gasteiger charge is 2.08. The molecule has 0 atom stereocenters. The molecule has 0 saturated carbocycles. The van der Waals surface area contributed by atoms with E-state index >= 15 is 0 Å². The standard InChI is InChI=1S/C15H15NO4/c1-3-19-12-4-6-13(7-5-12)20-14-9-11(15(17)18)8-10(2)16-14/h4-9H,3H2,1-2H3,(H,17,18). The van der Waals surface area contributed by atoms with Gasteiger partial charge in [-0.05, 0) is 44.2 Å². The second kappa shape index (κ2) is 6.06. The van der Waals surface area contributed by atoms with Gasteiger partial charge in [0.1, 0.15) is 11.5 Å². The van der Waals surface area contributed by atoms with Crippen LogP contribution in [0.1, 0.15) is 23.0 Å². The van der Waals surface area contributed by atoms with Gasteiger partial charge in [0.2, 0.25) is 5.88 Å². The summed E-state index contributed by atoms with van der Waals surface area (Å²) in [5.74, 6) is 0.574. The first-order chi connectivity index (χ1) is 9.58. The summed E-state index contributed by atoms with van der Waals surface area (Å²) in [5, 5.41) is 9.00. The summed E-state index contributed by atoms with van der Waals surface area (Å²) in [6, 6.07) is 9.95. The number of nitrogens with zero attached hydrogens (tertiary/aromatic N) is 1. The minimum absolute atomic E-state index is 0.151. The smallest absolute Gasteiger partial charge is 0.335 e. The zero-order valence-electron chi connectivity index (χ0n) is 11.3. The van der Waals surface area contributed by atoms with Crippen LogP contribution in [0, 0.1) is 6.92 Å². The van der Waals surface area contributed by atoms with Crippen molar-refractivity contribution in [3.05, 3.63) is 47.7 Å². The molecule has 20 heavy (non-hydrogen) atoms. The number of pyridine rings is 1. The van der Waals surface area contributed by atoms with Crippen molar-refractivity contribution < 1.29 is 19.4 Å². The first-order valence-electron chi connectivity index (χ1n) is 6.21. The molecule has 1 aromatic heterocycles. The molecule has 2 rings (SSSR count). The second-order valence-corrected chi connectivity index (χ2v) is 4.15. The molecule has 2 aromatic rings. The fourth-order valence-corrected chi connectivity index (χ4v) is 1.71. The Bertz CT molecular complexity index is 608. The fourth-order valence-electron chi connectivity index (χ4n) is 1.71. The van der Waals surface area contributed by atoms with Crippen LogP contribution in [-0.4, -0.2) is 22.7 Å². The summed E-state index contributed by atoms with van der Waals surface area (Å²) in [5.41, 5.74) is 0.740. The fraction of sp³-hybridized carbons (Fsp3) is 0.200. The summed E-state index contributed by atoms with van der Waals surface area (Å²) in [6.07, 6.45) is 0. The molecule has 0 bridgehead atoms. The maximum Gasteiger partial charge on any atom is 0.335 e. The predicted molar refractivity (Wildman–Crippen MR) is 73.6 cm³/mol. The molecule has 1 N–H and O–H groups in total. The van der Waals surface area contributed by atoms with Crippen LogP contribution in [-0.2, 0) is 0 Å². The molecule has 0 amide bonds. The first kappa shape index (κ1) is 13.9. The van der Waals surface area contributed by atoms with Crippen LogP contribution in [0.15, 0.2) is 36.4 Å². The molecule has 1 aromatic carbocycles. The molecule has 104 valence electrons. The second-order valence-electron chi connectivity index (χ2n) is 4.15. The Kier molecular flexibility index (Phi) is 4.20. The average molecular weight is 273 g/mol. The molecule has 0 spiro atoms. The van der Waals surface area contributed by atoms with Gasteiger partial charge in [0.05, 0.1) is 12.2 Å². The van der Waals surface area contributed by atoms with Crippen LogP contribution >= 0.6 is 0 Å². The van der Waals surface area contributed by atoms with Gasteiger partial charge in [-0.3, -0.25) is 0 Å². The molecule has 0 saturated heterocycles. The zero-order chi connectivity index (χ0) is 14.5. The first-order valence-corrected chi connectivity index (χ1v) is 6.21. The number of carboxylic acids is 1. The number of benzene rings is 1. The van der Waals surface area contributed by atoms with Crippen molar-refractivity contribution in [1.29, 1.82) is 0 Å². The number of aromatic carboxylic acids is 1. The third-order valence-corrected chi connectivity index (χ3v) is 2.53. The van der Waals surface area contributed by atoms with Gasteiger partial charge in [0, 0.05) is 11.8 Å². The molecule has 1 heterocycles. The lowest BCUT2D eigenvalue weighted by atomic mass is 10.2. The van der Waals surface area contributed by atoms with E-state index in [4.69, 9.17) is 14.6 Å². The Balaban J connectivity index is 2.19. The van der Waals surface area contributed by atoms with Crippen molar-refractivity contribution in [3.8, 4) is 17.4 Å². The molecule has 5 nitrogen and oxygen atoms in total. The van der Waals surface area contributed by atoms with Gasteiger partial charge in [0.15, 0.2) is 0 Å². The van der Waals surface area contributed by atoms with Gasteiger partial charge < -0.3 is 14.6 Å². The van der Waals surface area contributed by atoms with E-state index in [0.29, 0.717) is 18.1 Å². The maximum absolute atomic E-state index is 11.0. The van der Waals surface area contributed by atoms with E-state index in [2.05, 4.69) is 4.98 Å². The number of hydrogen-bond acceptors (Lipinski definition) is 4. The van der Waals surface area contributed by atoms with Crippen LogP contribution in [0.3, 0.4) is 0 Å². The minimum Gasteiger partial charge on any atom is -0.494 e. The summed E-state index contributed by atoms with van der Waals surface area (Å²) < 4.78 is 10.9. The van der Waals surface area contributed by atoms with E-state index in [-0.39, 0.29) is 11.4 Å². The molecule has 0 aliphatic heterocycles. The number of ether oxygens (including phenoxy) is 2. The number of aromatic nitrogens is 1. The van der Waals surface area contributed by atoms with E-state index in [9.17, 15) is 4.79 Å². The number of carboxylic acid groups (broad SMARTS) is 1. The third-order valence-electron chi connectivity index (χ3n) is 2.53. The lowest BCUT2D eigenvalue weighted by Crippen LogP contribution is -2.00. The van der Waals surface area contributed by atoms with Crippen LogP contribution < -0.4 is 9.47 Å². The highest BCUT2D eigenvalue weighted by molar-refractivity contribution is 5.88. The normalized spacial score (nSPS) is 10.1. The van der Waals surface area contributed by atoms with E-state index in [0.717, 1.165) is 5.75 Å². The molecule has 5 heteroatoms. The van der Waals surface area contributed by atoms with Crippen LogP contribution in [0.5, 0.6) is 17.4 Å². The molecule has 0 fully saturated rings. The van der Waals surface area contributed by atoms with Crippen molar-refractivity contribution in [2.75, 3.05) is 6.61 Å². The molecular formula is C15H15NO4. The maximum atomic E-state index is 11.0. The Morgan fingerprint density at radius 1 is 1.20 bits per heavy atom. The minimum atomic E-state index is -1.01. The van der Waals surface area contributed by atoms with Crippen molar-refractivity contribution in [2.45, 2.75) is 13.8 Å². The van der Waals surface area contributed by atoms with Gasteiger partial charge >= 0.3 is 5.97 Å². The van der Waals surface area contributed by atoms with E-state index in [1.165, 1.54) is 12.1 Å². The van der Waals surface area contributed by atoms with Crippen molar-refractivity contribution >= 4 is 5.97 Å². The summed E-state index contributed by atoms with van der Waals surface area (Å²) in [7, 11) is 0. The molecule has 0 unspecified atom stereocenters. The summed E-state index contributed by atoms with van der Waals surface area (Å²) in [4.78, 5) is 15.1. The van der Waals surface area contributed by atoms with E-state index < -0.39 is 5.97 Å². The lowest BCUT2D eigenvalue weighted by Gasteiger charge is -2.08. The Morgan fingerprint density at radius 3 is 2.45 bits per heavy atom. The van der Waals surface area contributed by atoms with Gasteiger partial charge in [-0.25, -0.2) is 9.78 Å². The molecular weight excluding hydrogens is 258 g/mol. The SMILES string of the molecule is CCOc1ccc(Oc2cc(C(=O)O)cc(C)n2)cc1. The monoisotopic (exact) mass is 273 g/mol. The molecule has 0 aliphatic rings. The van der Waals surface area contributed by atoms with Gasteiger partial charge in [-0.1, -0.05) is 0 Å². The number of aryl methyl sites for hydroxylation is 1. The predicted octanol–water partition coefficient (Wildman–Crippen LogP) is 3.28. The van der Waals surface area contributed by atoms with Crippen LogP contribution in [0.4, 0.5) is 0 Å². The highest BCUT2D eigenvalue weighted by atomic mass is 16.5. The summed E-state index contributed by atoms with van der Waals surface area (Å²) >= 11 is 0. The third kappa shape index (κ3) is 3.47. The van der Waals surface area contributed by atoms with Crippen LogP contribution in [0.25, 0.3) is 0 Å². The summed E-state index contributed by atoms with van der Waals surface area (Å²) in [6.45, 7) is 4.23. The van der Waals surface area contributed by atoms with Crippen molar-refractivity contribution in [1.82, 2.24) is 4.98 Å². The van der Waals surface area contributed by atoms with Gasteiger partial charge in [-0.15, -0.1) is 0 Å². The Labute approximate surface area is 116 Å². The number of hydrogen-bond donors (Lipinski definition) is 1. The Hall–Kier alpha value is -2.56. The van der Waals surface area contributed by atoms with E-state index in [1.807, 2.05) is 6.92 Å². The lowest BCUT2D eigenvalue weighted by molar-refractivity contribution is 0.0696. The topological polar surface area (TPSA) is 68.7 Å². The number of rotatable bonds is 5. The highest BCUT2D eigenvalue weighted by Crippen LogP contribution is 2.23. The molecule has 0 radical (unpaired) electrons. The van der Waals surface area contributed by atoms with E-state index in [1.54, 1.807) is 31.2 Å². The van der Waals surface area contributed by atoms with Crippen LogP contribution in [0.2, 0.25) is 0 Å². The van der Waals surface area contributed by atoms with Gasteiger partial charge in [-0.2, -0.15) is 0 Å². The van der Waals surface area contributed by atoms with Crippen molar-refractivity contribution in [3.63, 3.8) is 0 Å². The van der Waals surface area contributed by atoms with Crippen molar-refractivity contribution in [2.24, 2.45) is 0 Å². The quantitative estimate of drug-likeness (QED) is 0.905. The zero-order valence-corrected chi connectivity index (χ0v) is 11.3. The average Bonchev–Trinajstić information content (AvgIpc) is 2.40. The Morgan fingerprint density at radius 2 is 1.85 bits per heavy atom. The number of carbonyl (C=O) groups is 1. The van der Waals surface area contributed by atoms with Gasteiger partial charge in [0.25, 0.3) is 0 Å².